The summed E-state index contributed by atoms with van der Waals surface area (Å²) in [6.07, 6.45) is -0.474. The zero-order valence-electron chi connectivity index (χ0n) is 14.1. The Bertz CT molecular complexity index is 546. The normalized spacial score (nSPS) is 10.8. The van der Waals surface area contributed by atoms with Gasteiger partial charge < -0.3 is 25.4 Å². The molecule has 8 heteroatoms. The van der Waals surface area contributed by atoms with Crippen molar-refractivity contribution >= 4 is 33.7 Å². The highest BCUT2D eigenvalue weighted by molar-refractivity contribution is 9.10. The molecule has 1 rings (SSSR count). The largest absolute Gasteiger partial charge is 0.444 e. The number of hydrogen-bond donors (Lipinski definition) is 3. The average Bonchev–Trinajstić information content (AvgIpc) is 2.44. The number of alkyl carbamates (subject to hydrolysis) is 1. The van der Waals surface area contributed by atoms with E-state index in [-0.39, 0.29) is 6.03 Å². The molecule has 0 aliphatic rings. The van der Waals surface area contributed by atoms with E-state index in [0.29, 0.717) is 32.0 Å². The van der Waals surface area contributed by atoms with Crippen LogP contribution >= 0.6 is 15.9 Å². The van der Waals surface area contributed by atoms with E-state index in [1.165, 1.54) is 0 Å². The fraction of sp³-hybridized carbons (Fsp3) is 0.500. The van der Waals surface area contributed by atoms with Crippen LogP contribution in [0, 0.1) is 0 Å². The monoisotopic (exact) mass is 401 g/mol. The lowest BCUT2D eigenvalue weighted by molar-refractivity contribution is 0.0501. The summed E-state index contributed by atoms with van der Waals surface area (Å²) in [5, 5.41) is 7.98. The van der Waals surface area contributed by atoms with Gasteiger partial charge in [-0.05, 0) is 39.0 Å². The zero-order valence-corrected chi connectivity index (χ0v) is 15.7. The van der Waals surface area contributed by atoms with Crippen molar-refractivity contribution in [1.29, 1.82) is 0 Å². The summed E-state index contributed by atoms with van der Waals surface area (Å²) in [7, 11) is 0. The van der Waals surface area contributed by atoms with Crippen LogP contribution in [0.4, 0.5) is 15.3 Å². The molecular formula is C16H24BrN3O4. The number of nitrogens with one attached hydrogen (secondary N) is 3. The van der Waals surface area contributed by atoms with Crippen LogP contribution in [-0.4, -0.2) is 44.0 Å². The maximum absolute atomic E-state index is 11.7. The molecule has 134 valence electrons. The molecule has 0 atom stereocenters. The third-order valence-electron chi connectivity index (χ3n) is 2.53. The molecule has 0 spiro atoms. The molecular weight excluding hydrogens is 378 g/mol. The predicted molar refractivity (Wildman–Crippen MR) is 96.2 cm³/mol. The van der Waals surface area contributed by atoms with Crippen LogP contribution in [0.5, 0.6) is 0 Å². The molecule has 0 heterocycles. The van der Waals surface area contributed by atoms with Crippen molar-refractivity contribution in [2.75, 3.05) is 31.6 Å². The van der Waals surface area contributed by atoms with E-state index in [1.54, 1.807) is 32.9 Å². The van der Waals surface area contributed by atoms with E-state index in [0.717, 1.165) is 4.47 Å². The van der Waals surface area contributed by atoms with Gasteiger partial charge in [-0.2, -0.15) is 0 Å². The first kappa shape index (κ1) is 20.2. The molecule has 3 amide bonds. The van der Waals surface area contributed by atoms with E-state index < -0.39 is 11.7 Å². The first-order chi connectivity index (χ1) is 11.3. The minimum atomic E-state index is -0.517. The highest BCUT2D eigenvalue weighted by Gasteiger charge is 2.15. The van der Waals surface area contributed by atoms with E-state index in [2.05, 4.69) is 31.9 Å². The van der Waals surface area contributed by atoms with Gasteiger partial charge in [0.1, 0.15) is 5.60 Å². The smallest absolute Gasteiger partial charge is 0.407 e. The summed E-state index contributed by atoms with van der Waals surface area (Å²) in [4.78, 5) is 23.0. The Hall–Kier alpha value is -1.80. The number of ether oxygens (including phenoxy) is 2. The zero-order chi connectivity index (χ0) is 18.0. The van der Waals surface area contributed by atoms with Gasteiger partial charge in [0.2, 0.25) is 0 Å². The summed E-state index contributed by atoms with van der Waals surface area (Å²) in [5.74, 6) is 0. The van der Waals surface area contributed by atoms with E-state index >= 15 is 0 Å². The van der Waals surface area contributed by atoms with Gasteiger partial charge in [-0.25, -0.2) is 9.59 Å². The molecule has 1 aromatic rings. The number of benzene rings is 1. The SMILES string of the molecule is CC(C)(C)OC(=O)NCCOCCNC(=O)Nc1cccc(Br)c1. The number of anilines is 1. The molecule has 7 nitrogen and oxygen atoms in total. The first-order valence-electron chi connectivity index (χ1n) is 7.61. The van der Waals surface area contributed by atoms with Gasteiger partial charge in [0, 0.05) is 23.2 Å². The third kappa shape index (κ3) is 10.1. The number of rotatable bonds is 7. The second-order valence-corrected chi connectivity index (χ2v) is 6.85. The standard InChI is InChI=1S/C16H24BrN3O4/c1-16(2,3)24-15(22)19-8-10-23-9-7-18-14(21)20-13-6-4-5-12(17)11-13/h4-6,11H,7-10H2,1-3H3,(H,19,22)(H2,18,20,21). The van der Waals surface area contributed by atoms with Gasteiger partial charge in [0.15, 0.2) is 0 Å². The van der Waals surface area contributed by atoms with Gasteiger partial charge in [-0.3, -0.25) is 0 Å². The quantitative estimate of drug-likeness (QED) is 0.612. The Balaban J connectivity index is 2.04. The number of urea groups is 1. The minimum absolute atomic E-state index is 0.302. The summed E-state index contributed by atoms with van der Waals surface area (Å²) in [5.41, 5.74) is 0.181. The van der Waals surface area contributed by atoms with Crippen LogP contribution < -0.4 is 16.0 Å². The lowest BCUT2D eigenvalue weighted by atomic mass is 10.2. The summed E-state index contributed by atoms with van der Waals surface area (Å²) in [6, 6.07) is 7.01. The van der Waals surface area contributed by atoms with Crippen LogP contribution in [0.3, 0.4) is 0 Å². The Morgan fingerprint density at radius 3 is 2.42 bits per heavy atom. The minimum Gasteiger partial charge on any atom is -0.444 e. The number of halogens is 1. The number of carbonyl (C=O) groups excluding carboxylic acids is 2. The Morgan fingerprint density at radius 1 is 1.12 bits per heavy atom. The first-order valence-corrected chi connectivity index (χ1v) is 8.40. The van der Waals surface area contributed by atoms with Gasteiger partial charge in [-0.15, -0.1) is 0 Å². The van der Waals surface area contributed by atoms with Crippen LogP contribution in [0.25, 0.3) is 0 Å². The van der Waals surface area contributed by atoms with Crippen molar-refractivity contribution in [2.24, 2.45) is 0 Å². The third-order valence-corrected chi connectivity index (χ3v) is 3.02. The highest BCUT2D eigenvalue weighted by atomic mass is 79.9. The highest BCUT2D eigenvalue weighted by Crippen LogP contribution is 2.15. The second-order valence-electron chi connectivity index (χ2n) is 5.93. The fourth-order valence-electron chi connectivity index (χ4n) is 1.62. The van der Waals surface area contributed by atoms with E-state index in [1.807, 2.05) is 12.1 Å². The number of hydrogen-bond acceptors (Lipinski definition) is 4. The van der Waals surface area contributed by atoms with Crippen LogP contribution in [0.1, 0.15) is 20.8 Å². The lowest BCUT2D eigenvalue weighted by Crippen LogP contribution is -2.35. The second kappa shape index (κ2) is 10.1. The van der Waals surface area contributed by atoms with Crippen LogP contribution in [-0.2, 0) is 9.47 Å². The van der Waals surface area contributed by atoms with Crippen LogP contribution in [0.2, 0.25) is 0 Å². The van der Waals surface area contributed by atoms with E-state index in [9.17, 15) is 9.59 Å². The maximum atomic E-state index is 11.7. The summed E-state index contributed by atoms with van der Waals surface area (Å²) < 4.78 is 11.3. The van der Waals surface area contributed by atoms with Crippen molar-refractivity contribution < 1.29 is 19.1 Å². The van der Waals surface area contributed by atoms with Crippen molar-refractivity contribution in [3.05, 3.63) is 28.7 Å². The average molecular weight is 402 g/mol. The molecule has 3 N–H and O–H groups in total. The number of amides is 3. The Labute approximate surface area is 150 Å². The van der Waals surface area contributed by atoms with Gasteiger partial charge in [0.25, 0.3) is 0 Å². The van der Waals surface area contributed by atoms with Crippen molar-refractivity contribution in [3.8, 4) is 0 Å². The van der Waals surface area contributed by atoms with Gasteiger partial charge in [-0.1, -0.05) is 22.0 Å². The summed E-state index contributed by atoms with van der Waals surface area (Å²) in [6.45, 7) is 6.80. The molecule has 0 aliphatic carbocycles. The van der Waals surface area contributed by atoms with Crippen LogP contribution in [0.15, 0.2) is 28.7 Å². The molecule has 0 bridgehead atoms. The molecule has 0 aromatic heterocycles. The molecule has 24 heavy (non-hydrogen) atoms. The summed E-state index contributed by atoms with van der Waals surface area (Å²) >= 11 is 3.34. The van der Waals surface area contributed by atoms with Crippen molar-refractivity contribution in [3.63, 3.8) is 0 Å². The molecule has 0 fully saturated rings. The Morgan fingerprint density at radius 2 is 1.79 bits per heavy atom. The maximum Gasteiger partial charge on any atom is 0.407 e. The lowest BCUT2D eigenvalue weighted by Gasteiger charge is -2.19. The Kier molecular flexibility index (Phi) is 8.56. The van der Waals surface area contributed by atoms with Crippen molar-refractivity contribution in [1.82, 2.24) is 10.6 Å². The van der Waals surface area contributed by atoms with Crippen molar-refractivity contribution in [2.45, 2.75) is 26.4 Å². The predicted octanol–water partition coefficient (Wildman–Crippen LogP) is 3.11. The van der Waals surface area contributed by atoms with E-state index in [4.69, 9.17) is 9.47 Å². The fourth-order valence-corrected chi connectivity index (χ4v) is 2.02. The van der Waals surface area contributed by atoms with Gasteiger partial charge >= 0.3 is 12.1 Å². The number of carbonyl (C=O) groups is 2. The molecule has 0 saturated carbocycles. The molecule has 0 radical (unpaired) electrons. The van der Waals surface area contributed by atoms with Gasteiger partial charge in [0.05, 0.1) is 13.2 Å². The molecule has 0 saturated heterocycles. The topological polar surface area (TPSA) is 88.7 Å². The molecule has 0 aliphatic heterocycles. The molecule has 1 aromatic carbocycles. The molecule has 0 unspecified atom stereocenters.